The van der Waals surface area contributed by atoms with Crippen LogP contribution >= 0.6 is 0 Å². The number of tetrazole rings is 1. The van der Waals surface area contributed by atoms with Crippen LogP contribution in [0.4, 0.5) is 18.9 Å². The molecule has 0 aliphatic rings. The molecule has 0 atom stereocenters. The second-order valence-electron chi connectivity index (χ2n) is 4.28. The summed E-state index contributed by atoms with van der Waals surface area (Å²) in [6.45, 7) is -1.50. The molecule has 122 valence electrons. The number of benzene rings is 1. The lowest BCUT2D eigenvalue weighted by Crippen LogP contribution is -2.19. The number of halogens is 3. The molecule has 0 fully saturated rings. The summed E-state index contributed by atoms with van der Waals surface area (Å²) in [7, 11) is 0. The highest BCUT2D eigenvalue weighted by Gasteiger charge is 2.28. The largest absolute Gasteiger partial charge is 0.483 e. The van der Waals surface area contributed by atoms with Crippen molar-refractivity contribution in [1.82, 2.24) is 20.6 Å². The summed E-state index contributed by atoms with van der Waals surface area (Å²) in [6.07, 6.45) is -3.23. The molecule has 2 rings (SSSR count). The van der Waals surface area contributed by atoms with E-state index in [1.165, 1.54) is 24.4 Å². The molecule has 2 aromatic rings. The van der Waals surface area contributed by atoms with Gasteiger partial charge in [-0.05, 0) is 23.4 Å². The average molecular weight is 335 g/mol. The zero-order chi connectivity index (χ0) is 17.6. The van der Waals surface area contributed by atoms with Crippen molar-refractivity contribution in [3.8, 4) is 17.9 Å². The van der Waals surface area contributed by atoms with Crippen LogP contribution < -0.4 is 10.1 Å². The van der Waals surface area contributed by atoms with E-state index in [1.807, 2.05) is 6.07 Å². The van der Waals surface area contributed by atoms with Crippen LogP contribution in [0.15, 0.2) is 24.4 Å². The third kappa shape index (κ3) is 4.45. The number of hydrogen-bond donors (Lipinski definition) is 2. The van der Waals surface area contributed by atoms with E-state index >= 15 is 0 Å². The van der Waals surface area contributed by atoms with Gasteiger partial charge in [-0.2, -0.15) is 28.9 Å². The van der Waals surface area contributed by atoms with Gasteiger partial charge in [0.05, 0.1) is 5.56 Å². The van der Waals surface area contributed by atoms with Crippen LogP contribution in [0.5, 0.6) is 5.75 Å². The first-order chi connectivity index (χ1) is 11.4. The Balaban J connectivity index is 2.15. The molecular weight excluding hydrogens is 327 g/mol. The number of ether oxygens (including phenoxy) is 1. The standard InChI is InChI=1S/C13H8F3N7O/c14-13(15,16)7-24-11-2-1-10(3-8(11)4-17)19-6-9(5-18)12-20-22-23-21-12/h1-3,6,19H,7H2,(H,20,21,22,23). The van der Waals surface area contributed by atoms with Crippen molar-refractivity contribution in [3.63, 3.8) is 0 Å². The maximum absolute atomic E-state index is 12.2. The van der Waals surface area contributed by atoms with Crippen LogP contribution in [0.1, 0.15) is 11.4 Å². The molecule has 0 aliphatic heterocycles. The predicted molar refractivity (Wildman–Crippen MR) is 74.1 cm³/mol. The molecule has 24 heavy (non-hydrogen) atoms. The first-order valence-electron chi connectivity index (χ1n) is 6.27. The summed E-state index contributed by atoms with van der Waals surface area (Å²) >= 11 is 0. The minimum Gasteiger partial charge on any atom is -0.483 e. The number of nitriles is 2. The fourth-order valence-corrected chi connectivity index (χ4v) is 1.57. The van der Waals surface area contributed by atoms with E-state index in [4.69, 9.17) is 10.5 Å². The number of rotatable bonds is 5. The highest BCUT2D eigenvalue weighted by Crippen LogP contribution is 2.25. The second-order valence-corrected chi connectivity index (χ2v) is 4.28. The first kappa shape index (κ1) is 16.8. The quantitative estimate of drug-likeness (QED) is 0.801. The zero-order valence-corrected chi connectivity index (χ0v) is 11.8. The second kappa shape index (κ2) is 7.11. The van der Waals surface area contributed by atoms with Crippen molar-refractivity contribution in [2.45, 2.75) is 6.18 Å². The molecule has 8 nitrogen and oxygen atoms in total. The summed E-state index contributed by atoms with van der Waals surface area (Å²) < 4.78 is 41.1. The number of nitrogens with zero attached hydrogens (tertiary/aromatic N) is 5. The number of alkyl halides is 3. The van der Waals surface area contributed by atoms with Crippen molar-refractivity contribution in [2.24, 2.45) is 0 Å². The van der Waals surface area contributed by atoms with Gasteiger partial charge in [0.15, 0.2) is 6.61 Å². The van der Waals surface area contributed by atoms with Crippen molar-refractivity contribution in [1.29, 1.82) is 10.5 Å². The Hall–Kier alpha value is -3.60. The van der Waals surface area contributed by atoms with E-state index in [1.54, 1.807) is 6.07 Å². The highest BCUT2D eigenvalue weighted by molar-refractivity contribution is 5.74. The molecule has 11 heteroatoms. The van der Waals surface area contributed by atoms with E-state index < -0.39 is 12.8 Å². The van der Waals surface area contributed by atoms with Crippen molar-refractivity contribution in [2.75, 3.05) is 11.9 Å². The van der Waals surface area contributed by atoms with Crippen LogP contribution in [-0.4, -0.2) is 33.4 Å². The fraction of sp³-hybridized carbons (Fsp3) is 0.154. The first-order valence-corrected chi connectivity index (χ1v) is 6.27. The summed E-state index contributed by atoms with van der Waals surface area (Å²) in [5, 5.41) is 33.5. The van der Waals surface area contributed by atoms with Gasteiger partial charge in [0.1, 0.15) is 23.5 Å². The number of nitrogens with one attached hydrogen (secondary N) is 2. The van der Waals surface area contributed by atoms with E-state index in [0.29, 0.717) is 5.69 Å². The van der Waals surface area contributed by atoms with Gasteiger partial charge >= 0.3 is 6.18 Å². The van der Waals surface area contributed by atoms with Gasteiger partial charge < -0.3 is 10.1 Å². The third-order valence-corrected chi connectivity index (χ3v) is 2.58. The lowest BCUT2D eigenvalue weighted by atomic mass is 10.2. The molecule has 0 aliphatic carbocycles. The van der Waals surface area contributed by atoms with Crippen LogP contribution in [0.25, 0.3) is 5.57 Å². The Morgan fingerprint density at radius 2 is 2.17 bits per heavy atom. The maximum Gasteiger partial charge on any atom is 0.422 e. The van der Waals surface area contributed by atoms with E-state index in [9.17, 15) is 13.2 Å². The SMILES string of the molecule is N#CC(=CNc1ccc(OCC(F)(F)F)c(C#N)c1)c1nn[nH]n1. The average Bonchev–Trinajstić information content (AvgIpc) is 3.07. The molecule has 0 bridgehead atoms. The monoisotopic (exact) mass is 335 g/mol. The van der Waals surface area contributed by atoms with Gasteiger partial charge in [-0.3, -0.25) is 0 Å². The molecule has 0 spiro atoms. The van der Waals surface area contributed by atoms with E-state index in [2.05, 4.69) is 30.7 Å². The molecule has 2 N–H and O–H groups in total. The molecule has 0 saturated carbocycles. The summed E-state index contributed by atoms with van der Waals surface area (Å²) in [4.78, 5) is 0. The van der Waals surface area contributed by atoms with Gasteiger partial charge in [-0.25, -0.2) is 0 Å². The number of anilines is 1. The normalized spacial score (nSPS) is 11.5. The lowest BCUT2D eigenvalue weighted by Gasteiger charge is -2.11. The van der Waals surface area contributed by atoms with Crippen LogP contribution in [0.2, 0.25) is 0 Å². The Bertz CT molecular complexity index is 816. The molecule has 1 aromatic carbocycles. The Kier molecular flexibility index (Phi) is 4.96. The molecule has 1 heterocycles. The molecular formula is C13H8F3N7O. The zero-order valence-electron chi connectivity index (χ0n) is 11.8. The fourth-order valence-electron chi connectivity index (χ4n) is 1.57. The molecule has 1 aromatic heterocycles. The van der Waals surface area contributed by atoms with Crippen LogP contribution in [0.3, 0.4) is 0 Å². The molecule has 0 saturated heterocycles. The third-order valence-electron chi connectivity index (χ3n) is 2.58. The topological polar surface area (TPSA) is 123 Å². The van der Waals surface area contributed by atoms with Crippen LogP contribution in [-0.2, 0) is 0 Å². The summed E-state index contributed by atoms with van der Waals surface area (Å²) in [5.41, 5.74) is 0.345. The Morgan fingerprint density at radius 3 is 2.75 bits per heavy atom. The predicted octanol–water partition coefficient (Wildman–Crippen LogP) is 1.99. The molecule has 0 radical (unpaired) electrons. The number of aromatic nitrogens is 4. The smallest absolute Gasteiger partial charge is 0.422 e. The van der Waals surface area contributed by atoms with Crippen LogP contribution in [0, 0.1) is 22.7 Å². The number of H-pyrrole nitrogens is 1. The van der Waals surface area contributed by atoms with Crippen molar-refractivity contribution in [3.05, 3.63) is 35.8 Å². The minimum absolute atomic E-state index is 0.0654. The molecule has 0 unspecified atom stereocenters. The van der Waals surface area contributed by atoms with E-state index in [-0.39, 0.29) is 22.7 Å². The minimum atomic E-state index is -4.50. The van der Waals surface area contributed by atoms with E-state index in [0.717, 1.165) is 0 Å². The van der Waals surface area contributed by atoms with Gasteiger partial charge in [0.2, 0.25) is 5.82 Å². The Labute approximate surface area is 133 Å². The maximum atomic E-state index is 12.2. The lowest BCUT2D eigenvalue weighted by molar-refractivity contribution is -0.153. The Morgan fingerprint density at radius 1 is 1.38 bits per heavy atom. The van der Waals surface area contributed by atoms with Crippen molar-refractivity contribution >= 4 is 11.3 Å². The summed E-state index contributed by atoms with van der Waals surface area (Å²) in [6, 6.07) is 7.50. The van der Waals surface area contributed by atoms with Gasteiger partial charge in [-0.15, -0.1) is 10.2 Å². The van der Waals surface area contributed by atoms with Crippen molar-refractivity contribution < 1.29 is 17.9 Å². The highest BCUT2D eigenvalue weighted by atomic mass is 19.4. The summed E-state index contributed by atoms with van der Waals surface area (Å²) in [5.74, 6) is -0.126. The van der Waals surface area contributed by atoms with Gasteiger partial charge in [0.25, 0.3) is 0 Å². The number of aromatic amines is 1. The molecule has 0 amide bonds. The van der Waals surface area contributed by atoms with Gasteiger partial charge in [0, 0.05) is 11.9 Å². The number of allylic oxidation sites excluding steroid dienone is 1. The number of hydrogen-bond acceptors (Lipinski definition) is 7. The van der Waals surface area contributed by atoms with Gasteiger partial charge in [-0.1, -0.05) is 0 Å².